The Morgan fingerprint density at radius 2 is 1.27 bits per heavy atom. The molecule has 0 aromatic carbocycles. The van der Waals surface area contributed by atoms with Gasteiger partial charge in [-0.1, -0.05) is 48.6 Å². The summed E-state index contributed by atoms with van der Waals surface area (Å²) in [4.78, 5) is 3.53. The summed E-state index contributed by atoms with van der Waals surface area (Å²) in [6, 6.07) is 0. The molecule has 3 rings (SSSR count). The van der Waals surface area contributed by atoms with Crippen LogP contribution in [0.25, 0.3) is 12.2 Å². The summed E-state index contributed by atoms with van der Waals surface area (Å²) >= 11 is 0. The first-order valence-electron chi connectivity index (χ1n) is 5.35. The molecule has 0 spiro atoms. The molecular formula is C14H13N. The first-order chi connectivity index (χ1) is 7.45. The Morgan fingerprint density at radius 1 is 0.733 bits per heavy atom. The largest absolute Gasteiger partial charge is 0.361 e. The van der Waals surface area contributed by atoms with E-state index in [1.165, 1.54) is 22.5 Å². The summed E-state index contributed by atoms with van der Waals surface area (Å²) in [5.41, 5.74) is 5.39. The fourth-order valence-electron chi connectivity index (χ4n) is 2.18. The minimum Gasteiger partial charge on any atom is -0.361 e. The van der Waals surface area contributed by atoms with E-state index in [1.807, 2.05) is 0 Å². The van der Waals surface area contributed by atoms with Gasteiger partial charge in [-0.3, -0.25) is 0 Å². The zero-order valence-corrected chi connectivity index (χ0v) is 8.53. The quantitative estimate of drug-likeness (QED) is 0.654. The van der Waals surface area contributed by atoms with Gasteiger partial charge in [-0.2, -0.15) is 0 Å². The molecule has 0 fully saturated rings. The monoisotopic (exact) mass is 195 g/mol. The molecule has 1 heteroatoms. The van der Waals surface area contributed by atoms with Crippen molar-refractivity contribution < 1.29 is 0 Å². The number of aromatic nitrogens is 1. The number of fused-ring (bicyclic) bond motifs is 3. The maximum atomic E-state index is 3.53. The molecule has 0 radical (unpaired) electrons. The minimum atomic E-state index is 1.01. The zero-order valence-electron chi connectivity index (χ0n) is 8.53. The lowest BCUT2D eigenvalue weighted by molar-refractivity contribution is 1.07. The van der Waals surface area contributed by atoms with Crippen LogP contribution in [0, 0.1) is 0 Å². The molecule has 0 atom stereocenters. The molecular weight excluding hydrogens is 182 g/mol. The summed E-state index contributed by atoms with van der Waals surface area (Å²) in [7, 11) is 0. The molecule has 0 aliphatic heterocycles. The molecule has 0 bridgehead atoms. The van der Waals surface area contributed by atoms with Crippen LogP contribution in [0.3, 0.4) is 0 Å². The van der Waals surface area contributed by atoms with Crippen LogP contribution in [-0.4, -0.2) is 4.98 Å². The van der Waals surface area contributed by atoms with Crippen LogP contribution in [0.15, 0.2) is 36.5 Å². The van der Waals surface area contributed by atoms with E-state index in [-0.39, 0.29) is 0 Å². The van der Waals surface area contributed by atoms with E-state index in [9.17, 15) is 0 Å². The van der Waals surface area contributed by atoms with Gasteiger partial charge in [0.15, 0.2) is 0 Å². The number of nitrogens with one attached hydrogen (secondary N) is 1. The minimum absolute atomic E-state index is 1.01. The number of H-pyrrole nitrogens is 1. The highest BCUT2D eigenvalue weighted by Gasteiger charge is 2.13. The van der Waals surface area contributed by atoms with Gasteiger partial charge < -0.3 is 4.98 Å². The van der Waals surface area contributed by atoms with E-state index in [0.717, 1.165) is 12.8 Å². The summed E-state index contributed by atoms with van der Waals surface area (Å²) in [5, 5.41) is 0. The first kappa shape index (κ1) is 8.54. The van der Waals surface area contributed by atoms with Crippen LogP contribution in [0.2, 0.25) is 0 Å². The maximum Gasteiger partial charge on any atom is 0.0267 e. The van der Waals surface area contributed by atoms with E-state index in [0.29, 0.717) is 0 Å². The molecule has 1 heterocycles. The Kier molecular flexibility index (Phi) is 1.95. The summed E-state index contributed by atoms with van der Waals surface area (Å²) in [5.74, 6) is 0. The second kappa shape index (κ2) is 3.43. The Morgan fingerprint density at radius 3 is 1.80 bits per heavy atom. The topological polar surface area (TPSA) is 15.8 Å². The predicted molar refractivity (Wildman–Crippen MR) is 64.5 cm³/mol. The van der Waals surface area contributed by atoms with Crippen molar-refractivity contribution in [2.24, 2.45) is 0 Å². The normalized spacial score (nSPS) is 17.1. The molecule has 1 aromatic heterocycles. The van der Waals surface area contributed by atoms with Crippen molar-refractivity contribution in [1.82, 2.24) is 4.98 Å². The molecule has 1 N–H and O–H groups in total. The van der Waals surface area contributed by atoms with Crippen LogP contribution in [0.4, 0.5) is 0 Å². The molecule has 0 amide bonds. The van der Waals surface area contributed by atoms with Gasteiger partial charge in [0.2, 0.25) is 0 Å². The smallest absolute Gasteiger partial charge is 0.0267 e. The van der Waals surface area contributed by atoms with E-state index in [2.05, 4.69) is 53.6 Å². The number of rotatable bonds is 0. The summed E-state index contributed by atoms with van der Waals surface area (Å²) in [6.07, 6.45) is 19.2. The molecule has 2 aliphatic rings. The Balaban J connectivity index is 2.19. The van der Waals surface area contributed by atoms with Gasteiger partial charge in [0.25, 0.3) is 0 Å². The van der Waals surface area contributed by atoms with Crippen molar-refractivity contribution >= 4 is 12.2 Å². The average Bonchev–Trinajstić information content (AvgIpc) is 2.51. The Labute approximate surface area is 89.5 Å². The van der Waals surface area contributed by atoms with Crippen LogP contribution in [-0.2, 0) is 12.8 Å². The predicted octanol–water partition coefficient (Wildman–Crippen LogP) is 3.27. The fourth-order valence-corrected chi connectivity index (χ4v) is 2.18. The molecule has 74 valence electrons. The Hall–Kier alpha value is -1.76. The summed E-state index contributed by atoms with van der Waals surface area (Å²) in [6.45, 7) is 0. The first-order valence-corrected chi connectivity index (χ1v) is 5.35. The van der Waals surface area contributed by atoms with Gasteiger partial charge in [-0.15, -0.1) is 0 Å². The maximum absolute atomic E-state index is 3.53. The number of aromatic amines is 1. The van der Waals surface area contributed by atoms with Crippen molar-refractivity contribution in [2.75, 3.05) is 0 Å². The van der Waals surface area contributed by atoms with Gasteiger partial charge >= 0.3 is 0 Å². The SMILES string of the molecule is C1=CCc2[nH]c3c(c2C=C1)C=CC=CC3. The van der Waals surface area contributed by atoms with Gasteiger partial charge in [0.05, 0.1) is 0 Å². The van der Waals surface area contributed by atoms with Crippen LogP contribution >= 0.6 is 0 Å². The molecule has 1 aromatic rings. The zero-order chi connectivity index (χ0) is 10.1. The lowest BCUT2D eigenvalue weighted by Crippen LogP contribution is -1.84. The van der Waals surface area contributed by atoms with E-state index < -0.39 is 0 Å². The number of hydrogen-bond donors (Lipinski definition) is 1. The third-order valence-corrected chi connectivity index (χ3v) is 2.91. The van der Waals surface area contributed by atoms with Crippen LogP contribution < -0.4 is 0 Å². The second-order valence-electron chi connectivity index (χ2n) is 3.89. The lowest BCUT2D eigenvalue weighted by atomic mass is 10.1. The van der Waals surface area contributed by atoms with E-state index in [4.69, 9.17) is 0 Å². The third kappa shape index (κ3) is 1.40. The van der Waals surface area contributed by atoms with Gasteiger partial charge in [0, 0.05) is 35.4 Å². The number of hydrogen-bond acceptors (Lipinski definition) is 0. The van der Waals surface area contributed by atoms with Crippen molar-refractivity contribution in [3.05, 3.63) is 59.0 Å². The third-order valence-electron chi connectivity index (χ3n) is 2.91. The van der Waals surface area contributed by atoms with Crippen LogP contribution in [0.1, 0.15) is 22.5 Å². The molecule has 2 aliphatic carbocycles. The van der Waals surface area contributed by atoms with Gasteiger partial charge in [-0.05, 0) is 0 Å². The van der Waals surface area contributed by atoms with Crippen molar-refractivity contribution in [3.63, 3.8) is 0 Å². The van der Waals surface area contributed by atoms with E-state index in [1.54, 1.807) is 0 Å². The standard InChI is InChI=1S/C14H13N/c1-3-7-11-12-8-4-2-6-10-14(12)15-13(11)9-5-1/h1-8,15H,9-10H2. The molecule has 0 unspecified atom stereocenters. The molecule has 0 saturated carbocycles. The second-order valence-corrected chi connectivity index (χ2v) is 3.89. The van der Waals surface area contributed by atoms with Crippen molar-refractivity contribution in [1.29, 1.82) is 0 Å². The highest BCUT2D eigenvalue weighted by molar-refractivity contribution is 5.72. The molecule has 0 saturated heterocycles. The van der Waals surface area contributed by atoms with Crippen molar-refractivity contribution in [2.45, 2.75) is 12.8 Å². The fraction of sp³-hybridized carbons (Fsp3) is 0.143. The van der Waals surface area contributed by atoms with Gasteiger partial charge in [-0.25, -0.2) is 0 Å². The van der Waals surface area contributed by atoms with Gasteiger partial charge in [0.1, 0.15) is 0 Å². The molecule has 15 heavy (non-hydrogen) atoms. The van der Waals surface area contributed by atoms with Crippen molar-refractivity contribution in [3.8, 4) is 0 Å². The lowest BCUT2D eigenvalue weighted by Gasteiger charge is -1.95. The average molecular weight is 195 g/mol. The molecule has 1 nitrogen and oxygen atoms in total. The highest BCUT2D eigenvalue weighted by atomic mass is 14.7. The summed E-state index contributed by atoms with van der Waals surface area (Å²) < 4.78 is 0. The Bertz CT molecular complexity index is 451. The van der Waals surface area contributed by atoms with Crippen LogP contribution in [0.5, 0.6) is 0 Å². The number of allylic oxidation sites excluding steroid dienone is 6. The highest BCUT2D eigenvalue weighted by Crippen LogP contribution is 2.26. The van der Waals surface area contributed by atoms with E-state index >= 15 is 0 Å².